The third-order valence-corrected chi connectivity index (χ3v) is 5.05. The van der Waals surface area contributed by atoms with Crippen LogP contribution < -0.4 is 4.72 Å². The Morgan fingerprint density at radius 3 is 2.50 bits per heavy atom. The highest BCUT2D eigenvalue weighted by atomic mass is 79.9. The van der Waals surface area contributed by atoms with E-state index >= 15 is 0 Å². The Hall–Kier alpha value is -0.460. The Morgan fingerprint density at radius 1 is 1.39 bits per heavy atom. The standard InChI is InChI=1S/C12H17BrFNO2S/c1-8(2)11(7-13)15-18(16,17)12-6-10(14)5-4-9(12)3/h4-6,8,11,15H,7H2,1-3H3. The van der Waals surface area contributed by atoms with E-state index in [0.717, 1.165) is 6.07 Å². The van der Waals surface area contributed by atoms with Crippen LogP contribution in [-0.4, -0.2) is 19.8 Å². The van der Waals surface area contributed by atoms with Gasteiger partial charge in [0.1, 0.15) is 5.82 Å². The molecule has 102 valence electrons. The molecule has 3 nitrogen and oxygen atoms in total. The fourth-order valence-electron chi connectivity index (χ4n) is 1.47. The summed E-state index contributed by atoms with van der Waals surface area (Å²) in [5.41, 5.74) is 0.529. The van der Waals surface area contributed by atoms with Gasteiger partial charge in [0.25, 0.3) is 0 Å². The minimum atomic E-state index is -3.69. The van der Waals surface area contributed by atoms with Crippen molar-refractivity contribution in [2.24, 2.45) is 5.92 Å². The molecule has 0 spiro atoms. The van der Waals surface area contributed by atoms with Crippen molar-refractivity contribution in [3.05, 3.63) is 29.6 Å². The predicted molar refractivity (Wildman–Crippen MR) is 73.9 cm³/mol. The molecule has 1 aromatic rings. The van der Waals surface area contributed by atoms with Gasteiger partial charge in [-0.15, -0.1) is 0 Å². The van der Waals surface area contributed by atoms with Crippen molar-refractivity contribution in [2.75, 3.05) is 5.33 Å². The molecule has 0 radical (unpaired) electrons. The molecule has 0 aliphatic heterocycles. The summed E-state index contributed by atoms with van der Waals surface area (Å²) in [6.45, 7) is 5.49. The third kappa shape index (κ3) is 3.76. The van der Waals surface area contributed by atoms with E-state index in [1.165, 1.54) is 12.1 Å². The lowest BCUT2D eigenvalue weighted by Gasteiger charge is -2.20. The number of rotatable bonds is 5. The summed E-state index contributed by atoms with van der Waals surface area (Å²) < 4.78 is 40.1. The van der Waals surface area contributed by atoms with Gasteiger partial charge >= 0.3 is 0 Å². The van der Waals surface area contributed by atoms with Crippen LogP contribution in [0.25, 0.3) is 0 Å². The maximum absolute atomic E-state index is 13.2. The zero-order valence-electron chi connectivity index (χ0n) is 10.6. The topological polar surface area (TPSA) is 46.2 Å². The molecule has 0 saturated carbocycles. The Labute approximate surface area is 116 Å². The fourth-order valence-corrected chi connectivity index (χ4v) is 4.24. The van der Waals surface area contributed by atoms with Crippen LogP contribution >= 0.6 is 15.9 Å². The van der Waals surface area contributed by atoms with Gasteiger partial charge in [-0.25, -0.2) is 17.5 Å². The summed E-state index contributed by atoms with van der Waals surface area (Å²) >= 11 is 3.27. The second kappa shape index (κ2) is 6.12. The average Bonchev–Trinajstić information content (AvgIpc) is 2.28. The highest BCUT2D eigenvalue weighted by Crippen LogP contribution is 2.18. The summed E-state index contributed by atoms with van der Waals surface area (Å²) in [7, 11) is -3.69. The van der Waals surface area contributed by atoms with Gasteiger partial charge in [0.15, 0.2) is 0 Å². The Morgan fingerprint density at radius 2 is 2.00 bits per heavy atom. The van der Waals surface area contributed by atoms with E-state index in [2.05, 4.69) is 20.7 Å². The molecule has 0 saturated heterocycles. The molecular weight excluding hydrogens is 321 g/mol. The monoisotopic (exact) mass is 337 g/mol. The molecule has 0 aliphatic carbocycles. The van der Waals surface area contributed by atoms with Crippen LogP contribution in [0.1, 0.15) is 19.4 Å². The molecule has 18 heavy (non-hydrogen) atoms. The van der Waals surface area contributed by atoms with Crippen molar-refractivity contribution in [3.8, 4) is 0 Å². The van der Waals surface area contributed by atoms with Crippen LogP contribution in [0, 0.1) is 18.7 Å². The van der Waals surface area contributed by atoms with Crippen molar-refractivity contribution in [1.82, 2.24) is 4.72 Å². The maximum Gasteiger partial charge on any atom is 0.241 e. The molecular formula is C12H17BrFNO2S. The number of sulfonamides is 1. The van der Waals surface area contributed by atoms with E-state index in [0.29, 0.717) is 10.9 Å². The third-order valence-electron chi connectivity index (χ3n) is 2.72. The van der Waals surface area contributed by atoms with Crippen molar-refractivity contribution >= 4 is 26.0 Å². The highest BCUT2D eigenvalue weighted by molar-refractivity contribution is 9.09. The van der Waals surface area contributed by atoms with Crippen molar-refractivity contribution in [2.45, 2.75) is 31.7 Å². The van der Waals surface area contributed by atoms with Gasteiger partial charge < -0.3 is 0 Å². The SMILES string of the molecule is Cc1ccc(F)cc1S(=O)(=O)NC(CBr)C(C)C. The van der Waals surface area contributed by atoms with Gasteiger partial charge in [-0.3, -0.25) is 0 Å². The Bertz CT molecular complexity index is 517. The number of alkyl halides is 1. The zero-order valence-corrected chi connectivity index (χ0v) is 13.0. The van der Waals surface area contributed by atoms with E-state index < -0.39 is 15.8 Å². The molecule has 1 N–H and O–H groups in total. The van der Waals surface area contributed by atoms with E-state index in [9.17, 15) is 12.8 Å². The first-order chi connectivity index (χ1) is 8.27. The predicted octanol–water partition coefficient (Wildman–Crippen LogP) is 2.83. The molecule has 1 aromatic carbocycles. The smallest absolute Gasteiger partial charge is 0.207 e. The number of hydrogen-bond donors (Lipinski definition) is 1. The second-order valence-corrected chi connectivity index (χ2v) is 6.87. The Kier molecular flexibility index (Phi) is 5.31. The molecule has 0 aliphatic rings. The summed E-state index contributed by atoms with van der Waals surface area (Å²) in [5, 5.41) is 0.512. The first-order valence-corrected chi connectivity index (χ1v) is 8.23. The summed E-state index contributed by atoms with van der Waals surface area (Å²) in [6, 6.07) is 3.53. The van der Waals surface area contributed by atoms with Crippen LogP contribution in [0.2, 0.25) is 0 Å². The minimum Gasteiger partial charge on any atom is -0.207 e. The van der Waals surface area contributed by atoms with Gasteiger partial charge in [0, 0.05) is 11.4 Å². The highest BCUT2D eigenvalue weighted by Gasteiger charge is 2.23. The van der Waals surface area contributed by atoms with Crippen LogP contribution in [0.4, 0.5) is 4.39 Å². The first-order valence-electron chi connectivity index (χ1n) is 5.62. The maximum atomic E-state index is 13.2. The number of halogens is 2. The summed E-state index contributed by atoms with van der Waals surface area (Å²) in [6.07, 6.45) is 0. The lowest BCUT2D eigenvalue weighted by atomic mass is 10.1. The van der Waals surface area contributed by atoms with Crippen LogP contribution in [0.15, 0.2) is 23.1 Å². The normalized spacial score (nSPS) is 13.9. The Balaban J connectivity index is 3.10. The number of benzene rings is 1. The molecule has 1 atom stereocenters. The van der Waals surface area contributed by atoms with Crippen LogP contribution in [-0.2, 0) is 10.0 Å². The van der Waals surface area contributed by atoms with Crippen LogP contribution in [0.3, 0.4) is 0 Å². The van der Waals surface area contributed by atoms with E-state index in [1.807, 2.05) is 13.8 Å². The van der Waals surface area contributed by atoms with Gasteiger partial charge in [-0.2, -0.15) is 0 Å². The lowest BCUT2D eigenvalue weighted by molar-refractivity contribution is 0.483. The lowest BCUT2D eigenvalue weighted by Crippen LogP contribution is -2.39. The molecule has 0 aromatic heterocycles. The minimum absolute atomic E-state index is 0.00546. The summed E-state index contributed by atoms with van der Waals surface area (Å²) in [4.78, 5) is -0.00546. The average molecular weight is 338 g/mol. The van der Waals surface area contributed by atoms with Gasteiger partial charge in [-0.05, 0) is 30.5 Å². The van der Waals surface area contributed by atoms with E-state index in [4.69, 9.17) is 0 Å². The molecule has 0 amide bonds. The summed E-state index contributed by atoms with van der Waals surface area (Å²) in [5.74, 6) is -0.408. The van der Waals surface area contributed by atoms with Crippen molar-refractivity contribution in [1.29, 1.82) is 0 Å². The van der Waals surface area contributed by atoms with Gasteiger partial charge in [-0.1, -0.05) is 35.8 Å². The zero-order chi connectivity index (χ0) is 13.9. The second-order valence-electron chi connectivity index (χ2n) is 4.54. The van der Waals surface area contributed by atoms with E-state index in [1.54, 1.807) is 6.92 Å². The molecule has 6 heteroatoms. The van der Waals surface area contributed by atoms with Crippen LogP contribution in [0.5, 0.6) is 0 Å². The van der Waals surface area contributed by atoms with Gasteiger partial charge in [0.2, 0.25) is 10.0 Å². The fraction of sp³-hybridized carbons (Fsp3) is 0.500. The quantitative estimate of drug-likeness (QED) is 0.839. The molecule has 0 fully saturated rings. The number of hydrogen-bond acceptors (Lipinski definition) is 2. The van der Waals surface area contributed by atoms with Crippen molar-refractivity contribution < 1.29 is 12.8 Å². The largest absolute Gasteiger partial charge is 0.241 e. The molecule has 1 rings (SSSR count). The first kappa shape index (κ1) is 15.6. The van der Waals surface area contributed by atoms with Gasteiger partial charge in [0.05, 0.1) is 4.90 Å². The number of nitrogens with one attached hydrogen (secondary N) is 1. The number of aryl methyl sites for hydroxylation is 1. The molecule has 0 bridgehead atoms. The molecule has 1 unspecified atom stereocenters. The van der Waals surface area contributed by atoms with E-state index in [-0.39, 0.29) is 16.9 Å². The molecule has 0 heterocycles. The van der Waals surface area contributed by atoms with Crippen molar-refractivity contribution in [3.63, 3.8) is 0 Å².